The van der Waals surface area contributed by atoms with Gasteiger partial charge in [0, 0.05) is 23.7 Å². The molecule has 0 aromatic rings. The highest BCUT2D eigenvalue weighted by molar-refractivity contribution is 5.73. The van der Waals surface area contributed by atoms with Crippen LogP contribution in [0, 0.1) is 16.0 Å². The Labute approximate surface area is 76.4 Å². The summed E-state index contributed by atoms with van der Waals surface area (Å²) in [4.78, 5) is 20.8. The fourth-order valence-corrected chi connectivity index (χ4v) is 1.96. The molecule has 1 amide bonds. The molecule has 0 aromatic carbocycles. The molecule has 0 aromatic heterocycles. The highest BCUT2D eigenvalue weighted by Gasteiger charge is 2.35. The summed E-state index contributed by atoms with van der Waals surface area (Å²) in [6.07, 6.45) is 3.25. The maximum absolute atomic E-state index is 10.5. The van der Waals surface area contributed by atoms with E-state index >= 15 is 0 Å². The maximum Gasteiger partial charge on any atom is 0.217 e. The van der Waals surface area contributed by atoms with Crippen LogP contribution < -0.4 is 5.73 Å². The first-order chi connectivity index (χ1) is 6.11. The van der Waals surface area contributed by atoms with Crippen LogP contribution in [0.4, 0.5) is 0 Å². The zero-order chi connectivity index (χ0) is 9.84. The molecule has 5 heteroatoms. The first kappa shape index (κ1) is 9.95. The Morgan fingerprint density at radius 2 is 2.23 bits per heavy atom. The Kier molecular flexibility index (Phi) is 3.22. The van der Waals surface area contributed by atoms with Gasteiger partial charge in [-0.3, -0.25) is 14.9 Å². The molecule has 2 N–H and O–H groups in total. The van der Waals surface area contributed by atoms with Crippen LogP contribution >= 0.6 is 0 Å². The number of hydrogen-bond donors (Lipinski definition) is 1. The van der Waals surface area contributed by atoms with Crippen LogP contribution in [-0.4, -0.2) is 16.9 Å². The Morgan fingerprint density at radius 1 is 1.54 bits per heavy atom. The number of primary amides is 1. The number of hydrogen-bond acceptors (Lipinski definition) is 3. The molecule has 0 spiro atoms. The molecule has 1 aliphatic carbocycles. The molecule has 0 bridgehead atoms. The van der Waals surface area contributed by atoms with Gasteiger partial charge in [-0.1, -0.05) is 0 Å². The van der Waals surface area contributed by atoms with E-state index in [0.717, 1.165) is 12.8 Å². The van der Waals surface area contributed by atoms with Crippen molar-refractivity contribution in [2.45, 2.75) is 38.1 Å². The van der Waals surface area contributed by atoms with Crippen LogP contribution in [0.3, 0.4) is 0 Å². The van der Waals surface area contributed by atoms with E-state index < -0.39 is 6.04 Å². The van der Waals surface area contributed by atoms with E-state index in [2.05, 4.69) is 0 Å². The van der Waals surface area contributed by atoms with Gasteiger partial charge in [0.1, 0.15) is 0 Å². The topological polar surface area (TPSA) is 86.2 Å². The second-order valence-corrected chi connectivity index (χ2v) is 3.55. The van der Waals surface area contributed by atoms with Crippen LogP contribution in [0.15, 0.2) is 0 Å². The monoisotopic (exact) mass is 186 g/mol. The van der Waals surface area contributed by atoms with Crippen LogP contribution in [0.25, 0.3) is 0 Å². The minimum absolute atomic E-state index is 0.0579. The molecule has 0 saturated heterocycles. The molecule has 0 heterocycles. The lowest BCUT2D eigenvalue weighted by molar-refractivity contribution is -0.528. The Morgan fingerprint density at radius 3 is 2.77 bits per heavy atom. The Balaban J connectivity index is 2.39. The first-order valence-electron chi connectivity index (χ1n) is 4.53. The second-order valence-electron chi connectivity index (χ2n) is 3.55. The minimum Gasteiger partial charge on any atom is -0.370 e. The van der Waals surface area contributed by atoms with Crippen molar-refractivity contribution in [1.82, 2.24) is 0 Å². The first-order valence-corrected chi connectivity index (χ1v) is 4.53. The normalized spacial score (nSPS) is 27.4. The predicted molar refractivity (Wildman–Crippen MR) is 46.6 cm³/mol. The quantitative estimate of drug-likeness (QED) is 0.517. The van der Waals surface area contributed by atoms with E-state index in [1.807, 2.05) is 0 Å². The van der Waals surface area contributed by atoms with E-state index in [9.17, 15) is 14.9 Å². The smallest absolute Gasteiger partial charge is 0.217 e. The lowest BCUT2D eigenvalue weighted by Crippen LogP contribution is -2.25. The van der Waals surface area contributed by atoms with Gasteiger partial charge >= 0.3 is 0 Å². The molecular formula is C8H14N2O3. The minimum atomic E-state index is -0.445. The largest absolute Gasteiger partial charge is 0.370 e. The number of carbonyl (C=O) groups excluding carboxylic acids is 1. The fourth-order valence-electron chi connectivity index (χ4n) is 1.96. The van der Waals surface area contributed by atoms with Gasteiger partial charge in [-0.2, -0.15) is 0 Å². The van der Waals surface area contributed by atoms with Crippen molar-refractivity contribution in [3.05, 3.63) is 10.1 Å². The van der Waals surface area contributed by atoms with Gasteiger partial charge in [-0.15, -0.1) is 0 Å². The molecule has 1 fully saturated rings. The van der Waals surface area contributed by atoms with Crippen molar-refractivity contribution in [2.24, 2.45) is 11.7 Å². The molecule has 13 heavy (non-hydrogen) atoms. The summed E-state index contributed by atoms with van der Waals surface area (Å²) >= 11 is 0. The van der Waals surface area contributed by atoms with Gasteiger partial charge in [0.05, 0.1) is 0 Å². The Bertz CT molecular complexity index is 217. The summed E-state index contributed by atoms with van der Waals surface area (Å²) < 4.78 is 0. The second kappa shape index (κ2) is 4.20. The molecule has 2 unspecified atom stereocenters. The van der Waals surface area contributed by atoms with E-state index in [1.54, 1.807) is 0 Å². The van der Waals surface area contributed by atoms with Crippen LogP contribution in [-0.2, 0) is 4.79 Å². The highest BCUT2D eigenvalue weighted by atomic mass is 16.6. The summed E-state index contributed by atoms with van der Waals surface area (Å²) in [5.41, 5.74) is 4.98. The highest BCUT2D eigenvalue weighted by Crippen LogP contribution is 2.30. The van der Waals surface area contributed by atoms with Crippen molar-refractivity contribution in [3.63, 3.8) is 0 Å². The molecule has 0 radical (unpaired) electrons. The standard InChI is InChI=1S/C8H14N2O3/c9-8(11)5-4-6-2-1-3-7(6)10(12)13/h6-7H,1-5H2,(H2,9,11). The molecule has 5 nitrogen and oxygen atoms in total. The molecule has 2 atom stereocenters. The van der Waals surface area contributed by atoms with Gasteiger partial charge in [0.2, 0.25) is 11.9 Å². The van der Waals surface area contributed by atoms with Gasteiger partial charge in [-0.25, -0.2) is 0 Å². The van der Waals surface area contributed by atoms with E-state index in [1.165, 1.54) is 0 Å². The zero-order valence-electron chi connectivity index (χ0n) is 7.44. The molecule has 0 aliphatic heterocycles. The number of rotatable bonds is 4. The van der Waals surface area contributed by atoms with Crippen molar-refractivity contribution < 1.29 is 9.72 Å². The summed E-state index contributed by atoms with van der Waals surface area (Å²) in [5, 5.41) is 10.5. The van der Waals surface area contributed by atoms with Crippen LogP contribution in [0.2, 0.25) is 0 Å². The number of amides is 1. The SMILES string of the molecule is NC(=O)CCC1CCCC1[N+](=O)[O-]. The van der Waals surface area contributed by atoms with Crippen LogP contribution in [0.5, 0.6) is 0 Å². The van der Waals surface area contributed by atoms with Crippen molar-refractivity contribution >= 4 is 5.91 Å². The Hall–Kier alpha value is -1.13. The van der Waals surface area contributed by atoms with Crippen molar-refractivity contribution in [2.75, 3.05) is 0 Å². The van der Waals surface area contributed by atoms with E-state index in [0.29, 0.717) is 12.8 Å². The third-order valence-electron chi connectivity index (χ3n) is 2.65. The molecule has 74 valence electrons. The summed E-state index contributed by atoms with van der Waals surface area (Å²) in [5.74, 6) is -0.309. The summed E-state index contributed by atoms with van der Waals surface area (Å²) in [6, 6.07) is -0.445. The van der Waals surface area contributed by atoms with Gasteiger partial charge in [0.15, 0.2) is 0 Å². The average Bonchev–Trinajstić information content (AvgIpc) is 2.47. The lowest BCUT2D eigenvalue weighted by atomic mass is 9.98. The summed E-state index contributed by atoms with van der Waals surface area (Å²) in [6.45, 7) is 0. The maximum atomic E-state index is 10.5. The number of nitrogens with zero attached hydrogens (tertiary/aromatic N) is 1. The molecule has 1 aliphatic rings. The third-order valence-corrected chi connectivity index (χ3v) is 2.65. The van der Waals surface area contributed by atoms with Gasteiger partial charge in [0.25, 0.3) is 0 Å². The number of nitro groups is 1. The van der Waals surface area contributed by atoms with Crippen molar-refractivity contribution in [1.29, 1.82) is 0 Å². The third kappa shape index (κ3) is 2.68. The van der Waals surface area contributed by atoms with E-state index in [4.69, 9.17) is 5.73 Å². The fraction of sp³-hybridized carbons (Fsp3) is 0.875. The van der Waals surface area contributed by atoms with Crippen molar-refractivity contribution in [3.8, 4) is 0 Å². The van der Waals surface area contributed by atoms with Crippen LogP contribution in [0.1, 0.15) is 32.1 Å². The molecule has 1 rings (SSSR count). The molecule has 1 saturated carbocycles. The zero-order valence-corrected chi connectivity index (χ0v) is 7.44. The van der Waals surface area contributed by atoms with E-state index in [-0.39, 0.29) is 23.2 Å². The molecular weight excluding hydrogens is 172 g/mol. The predicted octanol–water partition coefficient (Wildman–Crippen LogP) is 0.697. The summed E-state index contributed by atoms with van der Waals surface area (Å²) in [7, 11) is 0. The number of nitrogens with two attached hydrogens (primary N) is 1. The van der Waals surface area contributed by atoms with Gasteiger partial charge < -0.3 is 5.73 Å². The van der Waals surface area contributed by atoms with Gasteiger partial charge in [-0.05, 0) is 19.3 Å². The average molecular weight is 186 g/mol. The number of carbonyl (C=O) groups is 1. The lowest BCUT2D eigenvalue weighted by Gasteiger charge is -2.10.